The molecular weight excluding hydrogens is 179 g/mol. The first-order valence-corrected chi connectivity index (χ1v) is 3.99. The summed E-state index contributed by atoms with van der Waals surface area (Å²) < 4.78 is 12.8. The van der Waals surface area contributed by atoms with E-state index in [1.807, 2.05) is 12.1 Å². The van der Waals surface area contributed by atoms with E-state index in [0.29, 0.717) is 5.56 Å². The summed E-state index contributed by atoms with van der Waals surface area (Å²) in [6.45, 7) is 0. The predicted octanol–water partition coefficient (Wildman–Crippen LogP) is 2.43. The van der Waals surface area contributed by atoms with Gasteiger partial charge in [-0.1, -0.05) is 6.07 Å². The van der Waals surface area contributed by atoms with Gasteiger partial charge in [-0.25, -0.2) is 4.39 Å². The number of hydrogen-bond acceptors (Lipinski definition) is 2. The van der Waals surface area contributed by atoms with Crippen molar-refractivity contribution in [3.63, 3.8) is 0 Å². The molecular formula is C11H7FN2. The molecule has 3 heteroatoms. The first-order valence-electron chi connectivity index (χ1n) is 3.99. The van der Waals surface area contributed by atoms with Crippen molar-refractivity contribution in [1.82, 2.24) is 0 Å². The topological polar surface area (TPSA) is 47.6 Å². The summed E-state index contributed by atoms with van der Waals surface area (Å²) in [4.78, 5) is 0. The first kappa shape index (κ1) is 9.95. The minimum Gasteiger partial charge on any atom is -0.207 e. The molecule has 0 aliphatic carbocycles. The standard InChI is InChI=1S/C11H7FN2/c12-11-4-3-9(5-7-14)10(8-11)2-1-6-13/h1-4,8H,5H2. The maximum absolute atomic E-state index is 12.8. The van der Waals surface area contributed by atoms with Crippen LogP contribution in [0.1, 0.15) is 11.1 Å². The number of halogens is 1. The molecule has 0 unspecified atom stereocenters. The molecule has 14 heavy (non-hydrogen) atoms. The van der Waals surface area contributed by atoms with Gasteiger partial charge in [-0.15, -0.1) is 0 Å². The fourth-order valence-corrected chi connectivity index (χ4v) is 1.09. The molecule has 0 aliphatic rings. The van der Waals surface area contributed by atoms with E-state index in [0.717, 1.165) is 5.56 Å². The number of nitriles is 2. The largest absolute Gasteiger partial charge is 0.207 e. The van der Waals surface area contributed by atoms with Crippen molar-refractivity contribution in [1.29, 1.82) is 10.5 Å². The molecule has 0 N–H and O–H groups in total. The Bertz CT molecular complexity index is 436. The van der Waals surface area contributed by atoms with E-state index in [-0.39, 0.29) is 12.2 Å². The van der Waals surface area contributed by atoms with Crippen LogP contribution in [0.3, 0.4) is 0 Å². The van der Waals surface area contributed by atoms with Crippen molar-refractivity contribution >= 4 is 6.08 Å². The fraction of sp³-hybridized carbons (Fsp3) is 0.0909. The van der Waals surface area contributed by atoms with Gasteiger partial charge in [0.15, 0.2) is 0 Å². The quantitative estimate of drug-likeness (QED) is 0.666. The van der Waals surface area contributed by atoms with Gasteiger partial charge in [0.1, 0.15) is 5.82 Å². The molecule has 1 aromatic carbocycles. The van der Waals surface area contributed by atoms with E-state index >= 15 is 0 Å². The lowest BCUT2D eigenvalue weighted by Crippen LogP contribution is -1.88. The average Bonchev–Trinajstić information content (AvgIpc) is 2.18. The first-order chi connectivity index (χ1) is 6.77. The normalized spacial score (nSPS) is 9.64. The Hall–Kier alpha value is -2.13. The highest BCUT2D eigenvalue weighted by Crippen LogP contribution is 2.13. The molecule has 2 nitrogen and oxygen atoms in total. The molecule has 0 saturated carbocycles. The van der Waals surface area contributed by atoms with E-state index in [2.05, 4.69) is 0 Å². The predicted molar refractivity (Wildman–Crippen MR) is 50.4 cm³/mol. The number of hydrogen-bond donors (Lipinski definition) is 0. The second-order valence-electron chi connectivity index (χ2n) is 2.64. The summed E-state index contributed by atoms with van der Waals surface area (Å²) in [5.74, 6) is -0.371. The van der Waals surface area contributed by atoms with E-state index in [4.69, 9.17) is 10.5 Å². The zero-order valence-electron chi connectivity index (χ0n) is 7.37. The van der Waals surface area contributed by atoms with Crippen LogP contribution in [0, 0.1) is 28.5 Å². The van der Waals surface area contributed by atoms with Gasteiger partial charge in [-0.05, 0) is 29.3 Å². The van der Waals surface area contributed by atoms with Crippen molar-refractivity contribution in [2.45, 2.75) is 6.42 Å². The second kappa shape index (κ2) is 4.79. The molecule has 0 amide bonds. The maximum atomic E-state index is 12.8. The minimum atomic E-state index is -0.371. The lowest BCUT2D eigenvalue weighted by atomic mass is 10.0. The van der Waals surface area contributed by atoms with Crippen LogP contribution in [0.15, 0.2) is 24.3 Å². The fourth-order valence-electron chi connectivity index (χ4n) is 1.09. The van der Waals surface area contributed by atoms with Gasteiger partial charge in [-0.2, -0.15) is 10.5 Å². The smallest absolute Gasteiger partial charge is 0.123 e. The van der Waals surface area contributed by atoms with Gasteiger partial charge >= 0.3 is 0 Å². The van der Waals surface area contributed by atoms with E-state index in [9.17, 15) is 4.39 Å². The maximum Gasteiger partial charge on any atom is 0.123 e. The zero-order chi connectivity index (χ0) is 10.4. The molecule has 0 spiro atoms. The highest BCUT2D eigenvalue weighted by atomic mass is 19.1. The highest BCUT2D eigenvalue weighted by molar-refractivity contribution is 5.56. The van der Waals surface area contributed by atoms with E-state index in [1.54, 1.807) is 6.07 Å². The SMILES string of the molecule is N#CC=Cc1cc(F)ccc1CC#N. The molecule has 0 aromatic heterocycles. The Kier molecular flexibility index (Phi) is 3.41. The monoisotopic (exact) mass is 186 g/mol. The van der Waals surface area contributed by atoms with Gasteiger partial charge in [0.25, 0.3) is 0 Å². The molecule has 1 rings (SSSR count). The summed E-state index contributed by atoms with van der Waals surface area (Å²) in [5, 5.41) is 16.8. The highest BCUT2D eigenvalue weighted by Gasteiger charge is 2.00. The Morgan fingerprint density at radius 1 is 1.36 bits per heavy atom. The average molecular weight is 186 g/mol. The van der Waals surface area contributed by atoms with Gasteiger partial charge in [0.2, 0.25) is 0 Å². The number of rotatable bonds is 2. The Balaban J connectivity index is 3.11. The van der Waals surface area contributed by atoms with Crippen LogP contribution in [0.2, 0.25) is 0 Å². The second-order valence-corrected chi connectivity index (χ2v) is 2.64. The zero-order valence-corrected chi connectivity index (χ0v) is 7.37. The van der Waals surface area contributed by atoms with Crippen LogP contribution < -0.4 is 0 Å². The summed E-state index contributed by atoms with van der Waals surface area (Å²) in [7, 11) is 0. The van der Waals surface area contributed by atoms with Crippen LogP contribution in [0.5, 0.6) is 0 Å². The molecule has 0 heterocycles. The molecule has 0 atom stereocenters. The lowest BCUT2D eigenvalue weighted by Gasteiger charge is -2.00. The van der Waals surface area contributed by atoms with Crippen LogP contribution in [0.25, 0.3) is 6.08 Å². The van der Waals surface area contributed by atoms with Gasteiger partial charge in [0, 0.05) is 6.08 Å². The van der Waals surface area contributed by atoms with Crippen molar-refractivity contribution < 1.29 is 4.39 Å². The van der Waals surface area contributed by atoms with Crippen molar-refractivity contribution in [2.75, 3.05) is 0 Å². The van der Waals surface area contributed by atoms with Crippen LogP contribution in [-0.2, 0) is 6.42 Å². The molecule has 68 valence electrons. The summed E-state index contributed by atoms with van der Waals surface area (Å²) in [5.41, 5.74) is 1.30. The number of benzene rings is 1. The minimum absolute atomic E-state index is 0.214. The van der Waals surface area contributed by atoms with Crippen molar-refractivity contribution in [3.05, 3.63) is 41.2 Å². The molecule has 0 radical (unpaired) electrons. The van der Waals surface area contributed by atoms with Crippen LogP contribution >= 0.6 is 0 Å². The molecule has 0 aliphatic heterocycles. The summed E-state index contributed by atoms with van der Waals surface area (Å²) in [6, 6.07) is 7.96. The van der Waals surface area contributed by atoms with E-state index < -0.39 is 0 Å². The van der Waals surface area contributed by atoms with Crippen molar-refractivity contribution in [2.24, 2.45) is 0 Å². The van der Waals surface area contributed by atoms with Gasteiger partial charge in [0.05, 0.1) is 18.6 Å². The molecule has 0 fully saturated rings. The third-order valence-electron chi connectivity index (χ3n) is 1.71. The molecule has 0 bridgehead atoms. The van der Waals surface area contributed by atoms with Gasteiger partial charge < -0.3 is 0 Å². The summed E-state index contributed by atoms with van der Waals surface area (Å²) in [6.07, 6.45) is 2.97. The van der Waals surface area contributed by atoms with E-state index in [1.165, 1.54) is 24.3 Å². The van der Waals surface area contributed by atoms with Crippen LogP contribution in [-0.4, -0.2) is 0 Å². The Morgan fingerprint density at radius 2 is 2.14 bits per heavy atom. The third-order valence-corrected chi connectivity index (χ3v) is 1.71. The molecule has 1 aromatic rings. The summed E-state index contributed by atoms with van der Waals surface area (Å²) >= 11 is 0. The van der Waals surface area contributed by atoms with Gasteiger partial charge in [-0.3, -0.25) is 0 Å². The van der Waals surface area contributed by atoms with Crippen molar-refractivity contribution in [3.8, 4) is 12.1 Å². The lowest BCUT2D eigenvalue weighted by molar-refractivity contribution is 0.627. The van der Waals surface area contributed by atoms with Crippen LogP contribution in [0.4, 0.5) is 4.39 Å². The Labute approximate surface area is 81.5 Å². The number of nitrogens with zero attached hydrogens (tertiary/aromatic N) is 2. The molecule has 0 saturated heterocycles. The third kappa shape index (κ3) is 2.43. The number of allylic oxidation sites excluding steroid dienone is 1. The Morgan fingerprint density at radius 3 is 2.79 bits per heavy atom.